The van der Waals surface area contributed by atoms with E-state index in [1.807, 2.05) is 11.9 Å². The van der Waals surface area contributed by atoms with Crippen molar-refractivity contribution in [1.82, 2.24) is 24.7 Å². The average molecular weight is 514 g/mol. The molecule has 0 bridgehead atoms. The average Bonchev–Trinajstić information content (AvgIpc) is 3.53. The zero-order chi connectivity index (χ0) is 26.4. The highest BCUT2D eigenvalue weighted by Crippen LogP contribution is 2.34. The number of allylic oxidation sites excluding steroid dienone is 1. The fourth-order valence-electron chi connectivity index (χ4n) is 4.37. The van der Waals surface area contributed by atoms with Crippen molar-refractivity contribution in [1.29, 1.82) is 5.41 Å². The fraction of sp³-hybridized carbons (Fsp3) is 0.423. The van der Waals surface area contributed by atoms with E-state index in [9.17, 15) is 18.0 Å². The SMILES string of the molecule is CN1CCN(Cc2ccc(NC(=O)N3CCC(C#Cc4cnc(/C=C\C=N)[nH]4)C3)cc2C(F)(F)F)CC1. The highest BCUT2D eigenvalue weighted by atomic mass is 19.4. The first kappa shape index (κ1) is 26.4. The summed E-state index contributed by atoms with van der Waals surface area (Å²) in [5.41, 5.74) is 0.242. The normalized spacial score (nSPS) is 19.1. The van der Waals surface area contributed by atoms with E-state index in [2.05, 4.69) is 32.0 Å². The van der Waals surface area contributed by atoms with Crippen LogP contribution in [0.25, 0.3) is 6.08 Å². The number of nitrogens with zero attached hydrogens (tertiary/aromatic N) is 4. The van der Waals surface area contributed by atoms with Gasteiger partial charge in [0.25, 0.3) is 0 Å². The van der Waals surface area contributed by atoms with Gasteiger partial charge in [-0.15, -0.1) is 0 Å². The van der Waals surface area contributed by atoms with Gasteiger partial charge in [-0.1, -0.05) is 12.0 Å². The van der Waals surface area contributed by atoms with E-state index in [4.69, 9.17) is 5.41 Å². The molecule has 1 atom stereocenters. The Bertz CT molecular complexity index is 1200. The number of amides is 2. The number of piperazine rings is 1. The number of alkyl halides is 3. The number of rotatable bonds is 5. The lowest BCUT2D eigenvalue weighted by atomic mass is 10.0. The summed E-state index contributed by atoms with van der Waals surface area (Å²) >= 11 is 0. The monoisotopic (exact) mass is 513 g/mol. The molecule has 0 aliphatic carbocycles. The molecular formula is C26H30F3N7O. The lowest BCUT2D eigenvalue weighted by Crippen LogP contribution is -2.44. The molecule has 3 heterocycles. The van der Waals surface area contributed by atoms with Crippen molar-refractivity contribution in [2.24, 2.45) is 5.92 Å². The van der Waals surface area contributed by atoms with Gasteiger partial charge >= 0.3 is 12.2 Å². The summed E-state index contributed by atoms with van der Waals surface area (Å²) in [4.78, 5) is 25.7. The van der Waals surface area contributed by atoms with Gasteiger partial charge in [0.05, 0.1) is 11.8 Å². The van der Waals surface area contributed by atoms with Crippen LogP contribution in [0.2, 0.25) is 0 Å². The van der Waals surface area contributed by atoms with E-state index in [1.54, 1.807) is 23.2 Å². The minimum atomic E-state index is -4.52. The maximum absolute atomic E-state index is 13.8. The maximum atomic E-state index is 13.8. The van der Waals surface area contributed by atoms with Gasteiger partial charge in [-0.2, -0.15) is 13.2 Å². The molecule has 1 aromatic heterocycles. The number of aromatic amines is 1. The van der Waals surface area contributed by atoms with Crippen LogP contribution in [0.4, 0.5) is 23.7 Å². The van der Waals surface area contributed by atoms with Crippen LogP contribution in [0.3, 0.4) is 0 Å². The number of imidazole rings is 1. The molecule has 0 saturated carbocycles. The number of urea groups is 1. The molecular weight excluding hydrogens is 483 g/mol. The first-order valence-electron chi connectivity index (χ1n) is 12.1. The summed E-state index contributed by atoms with van der Waals surface area (Å²) in [5.74, 6) is 6.68. The second kappa shape index (κ2) is 11.6. The summed E-state index contributed by atoms with van der Waals surface area (Å²) in [5, 5.41) is 9.63. The minimum Gasteiger partial charge on any atom is -0.332 e. The standard InChI is InChI=1S/C26H30F3N7O/c1-34-11-13-35(14-12-34)18-20-5-7-21(15-23(20)26(27,28)29)33-25(37)36-10-8-19(17-36)4-6-22-16-31-24(32-22)3-2-9-30/h2-3,5,7,9,15-16,19,30H,8,10-14,17-18H2,1H3,(H,31,32)(H,33,37)/b3-2-,30-9?. The van der Waals surface area contributed by atoms with E-state index >= 15 is 0 Å². The number of likely N-dealkylation sites (N-methyl/N-ethyl adjacent to an activating group) is 1. The molecule has 4 rings (SSSR count). The van der Waals surface area contributed by atoms with Gasteiger partial charge in [0.15, 0.2) is 0 Å². The van der Waals surface area contributed by atoms with Crippen LogP contribution >= 0.6 is 0 Å². The zero-order valence-electron chi connectivity index (χ0n) is 20.6. The van der Waals surface area contributed by atoms with Crippen molar-refractivity contribution in [3.63, 3.8) is 0 Å². The number of nitrogens with one attached hydrogen (secondary N) is 3. The number of benzene rings is 1. The highest BCUT2D eigenvalue weighted by Gasteiger charge is 2.34. The lowest BCUT2D eigenvalue weighted by molar-refractivity contribution is -0.138. The van der Waals surface area contributed by atoms with Gasteiger partial charge < -0.3 is 25.5 Å². The number of anilines is 1. The number of carbonyl (C=O) groups is 1. The molecule has 1 unspecified atom stereocenters. The largest absolute Gasteiger partial charge is 0.416 e. The maximum Gasteiger partial charge on any atom is 0.416 e. The Morgan fingerprint density at radius 3 is 2.78 bits per heavy atom. The van der Waals surface area contributed by atoms with E-state index in [0.29, 0.717) is 44.1 Å². The lowest BCUT2D eigenvalue weighted by Gasteiger charge is -2.33. The summed E-state index contributed by atoms with van der Waals surface area (Å²) in [6, 6.07) is 3.59. The van der Waals surface area contributed by atoms with Crippen molar-refractivity contribution in [2.45, 2.75) is 19.1 Å². The van der Waals surface area contributed by atoms with Crippen molar-refractivity contribution >= 4 is 24.0 Å². The van der Waals surface area contributed by atoms with Gasteiger partial charge in [-0.05, 0) is 49.2 Å². The van der Waals surface area contributed by atoms with E-state index < -0.39 is 17.8 Å². The van der Waals surface area contributed by atoms with Crippen LogP contribution in [-0.4, -0.2) is 83.2 Å². The van der Waals surface area contributed by atoms with Gasteiger partial charge in [-0.3, -0.25) is 4.90 Å². The summed E-state index contributed by atoms with van der Waals surface area (Å²) < 4.78 is 41.5. The molecule has 8 nitrogen and oxygen atoms in total. The van der Waals surface area contributed by atoms with Crippen molar-refractivity contribution < 1.29 is 18.0 Å². The Morgan fingerprint density at radius 1 is 1.27 bits per heavy atom. The first-order chi connectivity index (χ1) is 17.7. The second-order valence-electron chi connectivity index (χ2n) is 9.29. The van der Waals surface area contributed by atoms with Crippen LogP contribution in [0.1, 0.15) is 29.1 Å². The molecule has 3 N–H and O–H groups in total. The molecule has 196 valence electrons. The molecule has 2 aliphatic heterocycles. The van der Waals surface area contributed by atoms with E-state index in [-0.39, 0.29) is 23.7 Å². The van der Waals surface area contributed by atoms with Crippen LogP contribution < -0.4 is 5.32 Å². The van der Waals surface area contributed by atoms with Gasteiger partial charge in [0, 0.05) is 63.6 Å². The van der Waals surface area contributed by atoms with E-state index in [1.165, 1.54) is 12.1 Å². The predicted octanol–water partition coefficient (Wildman–Crippen LogP) is 3.74. The van der Waals surface area contributed by atoms with Gasteiger partial charge in [-0.25, -0.2) is 9.78 Å². The molecule has 11 heteroatoms. The van der Waals surface area contributed by atoms with Crippen molar-refractivity contribution in [2.75, 3.05) is 51.6 Å². The Morgan fingerprint density at radius 2 is 2.05 bits per heavy atom. The minimum absolute atomic E-state index is 0.0497. The van der Waals surface area contributed by atoms with Crippen LogP contribution in [0.5, 0.6) is 0 Å². The molecule has 2 aromatic rings. The number of hydrogen-bond acceptors (Lipinski definition) is 5. The number of aromatic nitrogens is 2. The third kappa shape index (κ3) is 7.21. The zero-order valence-corrected chi connectivity index (χ0v) is 20.6. The smallest absolute Gasteiger partial charge is 0.332 e. The van der Waals surface area contributed by atoms with Crippen molar-refractivity contribution in [3.05, 3.63) is 53.1 Å². The third-order valence-electron chi connectivity index (χ3n) is 6.49. The molecule has 1 aromatic carbocycles. The Hall–Kier alpha value is -3.62. The Balaban J connectivity index is 1.36. The quantitative estimate of drug-likeness (QED) is 0.420. The molecule has 2 saturated heterocycles. The second-order valence-corrected chi connectivity index (χ2v) is 9.29. The Labute approximate surface area is 214 Å². The van der Waals surface area contributed by atoms with Gasteiger partial charge in [0.2, 0.25) is 0 Å². The molecule has 0 radical (unpaired) electrons. The van der Waals surface area contributed by atoms with E-state index in [0.717, 1.165) is 25.4 Å². The molecule has 0 spiro atoms. The third-order valence-corrected chi connectivity index (χ3v) is 6.49. The summed E-state index contributed by atoms with van der Waals surface area (Å²) in [6.45, 7) is 4.16. The molecule has 2 fully saturated rings. The van der Waals surface area contributed by atoms with Crippen LogP contribution in [0.15, 0.2) is 30.5 Å². The topological polar surface area (TPSA) is 91.3 Å². The van der Waals surface area contributed by atoms with Gasteiger partial charge in [0.1, 0.15) is 11.5 Å². The molecule has 2 aliphatic rings. The van der Waals surface area contributed by atoms with Crippen molar-refractivity contribution in [3.8, 4) is 11.8 Å². The predicted molar refractivity (Wildman–Crippen MR) is 136 cm³/mol. The van der Waals surface area contributed by atoms with Crippen LogP contribution in [0, 0.1) is 23.2 Å². The summed E-state index contributed by atoms with van der Waals surface area (Å²) in [7, 11) is 2.00. The molecule has 2 amide bonds. The number of hydrogen-bond donors (Lipinski definition) is 3. The molecule has 37 heavy (non-hydrogen) atoms. The fourth-order valence-corrected chi connectivity index (χ4v) is 4.37. The highest BCUT2D eigenvalue weighted by molar-refractivity contribution is 5.89. The van der Waals surface area contributed by atoms with Crippen LogP contribution in [-0.2, 0) is 12.7 Å². The number of likely N-dealkylation sites (tertiary alicyclic amines) is 1. The number of halogens is 3. The Kier molecular flexibility index (Phi) is 8.31. The number of carbonyl (C=O) groups excluding carboxylic acids is 1. The number of H-pyrrole nitrogens is 1. The summed E-state index contributed by atoms with van der Waals surface area (Å²) in [6.07, 6.45) is 2.11. The first-order valence-corrected chi connectivity index (χ1v) is 12.1.